The van der Waals surface area contributed by atoms with Crippen LogP contribution in [0.3, 0.4) is 0 Å². The average molecular weight is 423 g/mol. The molecule has 1 atom stereocenters. The van der Waals surface area contributed by atoms with Gasteiger partial charge in [0.25, 0.3) is 0 Å². The Bertz CT molecular complexity index is 611. The van der Waals surface area contributed by atoms with Gasteiger partial charge in [-0.15, -0.1) is 0 Å². The summed E-state index contributed by atoms with van der Waals surface area (Å²) in [5.41, 5.74) is 3.36. The van der Waals surface area contributed by atoms with Gasteiger partial charge in [-0.1, -0.05) is 29.8 Å². The van der Waals surface area contributed by atoms with E-state index in [0.29, 0.717) is 14.2 Å². The van der Waals surface area contributed by atoms with Crippen LogP contribution in [0.5, 0.6) is 0 Å². The minimum Gasteiger partial charge on any atom is -0.440 e. The van der Waals surface area contributed by atoms with Crippen LogP contribution in [0.1, 0.15) is 18.6 Å². The zero-order valence-corrected chi connectivity index (χ0v) is 14.4. The van der Waals surface area contributed by atoms with Crippen molar-refractivity contribution in [1.82, 2.24) is 4.68 Å². The van der Waals surface area contributed by atoms with Gasteiger partial charge in [0.2, 0.25) is 0 Å². The van der Waals surface area contributed by atoms with Crippen molar-refractivity contribution in [2.24, 2.45) is 0 Å². The van der Waals surface area contributed by atoms with Gasteiger partial charge < -0.3 is 4.74 Å². The maximum Gasteiger partial charge on any atom is 0.427 e. The summed E-state index contributed by atoms with van der Waals surface area (Å²) in [5.74, 6) is 0. The van der Waals surface area contributed by atoms with E-state index in [0.717, 1.165) is 5.56 Å². The molecule has 1 heterocycles. The van der Waals surface area contributed by atoms with E-state index in [1.807, 2.05) is 18.2 Å². The van der Waals surface area contributed by atoms with Crippen molar-refractivity contribution >= 4 is 49.6 Å². The lowest BCUT2D eigenvalue weighted by molar-refractivity contribution is 0.118. The Balaban J connectivity index is 2.04. The number of nitrogens with zero attached hydrogens (tertiary/aromatic N) is 1. The Morgan fingerprint density at radius 3 is 2.45 bits per heavy atom. The lowest BCUT2D eigenvalue weighted by Crippen LogP contribution is -2.25. The van der Waals surface area contributed by atoms with Gasteiger partial charge in [-0.05, 0) is 57.0 Å². The van der Waals surface area contributed by atoms with Crippen molar-refractivity contribution in [3.05, 3.63) is 56.2 Å². The second-order valence-electron chi connectivity index (χ2n) is 4.00. The molecule has 1 unspecified atom stereocenters. The summed E-state index contributed by atoms with van der Waals surface area (Å²) < 4.78 is 8.22. The molecule has 0 radical (unpaired) electrons. The summed E-state index contributed by atoms with van der Waals surface area (Å²) in [6.07, 6.45) is -1.02. The number of halogens is 3. The summed E-state index contributed by atoms with van der Waals surface area (Å²) in [4.78, 5) is 11.9. The molecule has 2 aromatic rings. The molecule has 0 aliphatic heterocycles. The van der Waals surface area contributed by atoms with Gasteiger partial charge in [0, 0.05) is 10.6 Å². The molecular weight excluding hydrogens is 411 g/mol. The fourth-order valence-corrected chi connectivity index (χ4v) is 2.99. The highest BCUT2D eigenvalue weighted by molar-refractivity contribution is 9.11. The minimum absolute atomic E-state index is 0.447. The van der Waals surface area contributed by atoms with Crippen LogP contribution in [-0.2, 0) is 4.74 Å². The molecule has 1 aromatic heterocycles. The first kappa shape index (κ1) is 15.4. The molecule has 0 aliphatic carbocycles. The monoisotopic (exact) mass is 420 g/mol. The molecule has 4 nitrogen and oxygen atoms in total. The van der Waals surface area contributed by atoms with Gasteiger partial charge >= 0.3 is 6.09 Å². The van der Waals surface area contributed by atoms with E-state index in [-0.39, 0.29) is 0 Å². The van der Waals surface area contributed by atoms with Gasteiger partial charge in [-0.3, -0.25) is 0 Å². The summed E-state index contributed by atoms with van der Waals surface area (Å²) in [6, 6.07) is 10.8. The van der Waals surface area contributed by atoms with Crippen molar-refractivity contribution in [2.75, 3.05) is 5.43 Å². The predicted octanol–water partition coefficient (Wildman–Crippen LogP) is 5.11. The van der Waals surface area contributed by atoms with Crippen molar-refractivity contribution < 1.29 is 9.53 Å². The smallest absolute Gasteiger partial charge is 0.427 e. The lowest BCUT2D eigenvalue weighted by Gasteiger charge is -2.16. The van der Waals surface area contributed by atoms with E-state index in [9.17, 15) is 4.79 Å². The number of hydrogen-bond acceptors (Lipinski definition) is 2. The van der Waals surface area contributed by atoms with E-state index in [4.69, 9.17) is 16.3 Å². The largest absolute Gasteiger partial charge is 0.440 e. The standard InChI is InChI=1S/C13H11Br2ClN2O2/c1-8(9-4-2-3-5-10(9)16)20-13(19)17-18-11(14)6-7-12(18)15/h2-8H,1H3,(H,17,19). The van der Waals surface area contributed by atoms with Crippen molar-refractivity contribution in [3.63, 3.8) is 0 Å². The Morgan fingerprint density at radius 2 is 1.85 bits per heavy atom. The Morgan fingerprint density at radius 1 is 1.25 bits per heavy atom. The molecule has 0 fully saturated rings. The van der Waals surface area contributed by atoms with E-state index >= 15 is 0 Å². The van der Waals surface area contributed by atoms with Gasteiger partial charge in [0.05, 0.1) is 0 Å². The fraction of sp³-hybridized carbons (Fsp3) is 0.154. The third-order valence-electron chi connectivity index (χ3n) is 2.62. The SMILES string of the molecule is CC(OC(=O)Nn1c(Br)ccc1Br)c1ccccc1Cl. The second kappa shape index (κ2) is 6.65. The molecule has 0 saturated heterocycles. The molecule has 1 N–H and O–H groups in total. The summed E-state index contributed by atoms with van der Waals surface area (Å²) in [7, 11) is 0. The van der Waals surface area contributed by atoms with Crippen LogP contribution in [0.2, 0.25) is 5.02 Å². The molecule has 0 saturated carbocycles. The van der Waals surface area contributed by atoms with Crippen LogP contribution >= 0.6 is 43.5 Å². The number of ether oxygens (including phenoxy) is 1. The molecule has 2 rings (SSSR count). The van der Waals surface area contributed by atoms with E-state index in [2.05, 4.69) is 37.3 Å². The summed E-state index contributed by atoms with van der Waals surface area (Å²) in [6.45, 7) is 1.76. The molecule has 0 spiro atoms. The van der Waals surface area contributed by atoms with Crippen LogP contribution in [0.25, 0.3) is 0 Å². The first-order chi connectivity index (χ1) is 9.49. The number of rotatable bonds is 3. The first-order valence-electron chi connectivity index (χ1n) is 5.74. The van der Waals surface area contributed by atoms with Crippen LogP contribution in [-0.4, -0.2) is 10.8 Å². The normalized spacial score (nSPS) is 12.0. The topological polar surface area (TPSA) is 43.3 Å². The van der Waals surface area contributed by atoms with Crippen molar-refractivity contribution in [2.45, 2.75) is 13.0 Å². The maximum atomic E-state index is 11.9. The first-order valence-corrected chi connectivity index (χ1v) is 7.70. The van der Waals surface area contributed by atoms with Crippen LogP contribution < -0.4 is 5.43 Å². The predicted molar refractivity (Wildman–Crippen MR) is 85.5 cm³/mol. The average Bonchev–Trinajstić information content (AvgIpc) is 2.71. The Kier molecular flexibility index (Phi) is 5.12. The molecular formula is C13H11Br2ClN2O2. The molecule has 7 heteroatoms. The number of carbonyl (C=O) groups is 1. The molecule has 1 aromatic carbocycles. The molecule has 1 amide bonds. The maximum absolute atomic E-state index is 11.9. The fourth-order valence-electron chi connectivity index (χ4n) is 1.64. The van der Waals surface area contributed by atoms with Crippen molar-refractivity contribution in [3.8, 4) is 0 Å². The van der Waals surface area contributed by atoms with Crippen LogP contribution in [0.4, 0.5) is 4.79 Å². The number of benzene rings is 1. The third-order valence-corrected chi connectivity index (χ3v) is 4.20. The van der Waals surface area contributed by atoms with E-state index in [1.165, 1.54) is 4.68 Å². The molecule has 106 valence electrons. The van der Waals surface area contributed by atoms with Gasteiger partial charge in [0.15, 0.2) is 0 Å². The summed E-state index contributed by atoms with van der Waals surface area (Å²) >= 11 is 12.7. The lowest BCUT2D eigenvalue weighted by atomic mass is 10.1. The molecule has 0 aliphatic rings. The van der Waals surface area contributed by atoms with E-state index < -0.39 is 12.2 Å². The minimum atomic E-state index is -0.574. The highest BCUT2D eigenvalue weighted by atomic mass is 79.9. The molecule has 0 bridgehead atoms. The number of nitrogens with one attached hydrogen (secondary N) is 1. The van der Waals surface area contributed by atoms with Gasteiger partial charge in [0.1, 0.15) is 15.3 Å². The Labute approximate surface area is 138 Å². The number of aromatic nitrogens is 1. The number of hydrogen-bond donors (Lipinski definition) is 1. The highest BCUT2D eigenvalue weighted by Crippen LogP contribution is 2.25. The van der Waals surface area contributed by atoms with E-state index in [1.54, 1.807) is 25.1 Å². The van der Waals surface area contributed by atoms with Gasteiger partial charge in [-0.25, -0.2) is 14.9 Å². The number of carbonyl (C=O) groups excluding carboxylic acids is 1. The summed E-state index contributed by atoms with van der Waals surface area (Å²) in [5, 5.41) is 0.566. The molecule has 20 heavy (non-hydrogen) atoms. The van der Waals surface area contributed by atoms with Gasteiger partial charge in [-0.2, -0.15) is 0 Å². The Hall–Kier alpha value is -0.980. The second-order valence-corrected chi connectivity index (χ2v) is 6.03. The van der Waals surface area contributed by atoms with Crippen molar-refractivity contribution in [1.29, 1.82) is 0 Å². The quantitative estimate of drug-likeness (QED) is 0.747. The van der Waals surface area contributed by atoms with Crippen LogP contribution in [0, 0.1) is 0 Å². The zero-order chi connectivity index (χ0) is 14.7. The third kappa shape index (κ3) is 3.56. The number of amides is 1. The zero-order valence-electron chi connectivity index (χ0n) is 10.4. The van der Waals surface area contributed by atoms with Crippen LogP contribution in [0.15, 0.2) is 45.6 Å². The highest BCUT2D eigenvalue weighted by Gasteiger charge is 2.15.